The third-order valence-electron chi connectivity index (χ3n) is 3.27. The topological polar surface area (TPSA) is 63.6 Å². The second-order valence-corrected chi connectivity index (χ2v) is 6.25. The standard InChI is InChI=1S/C12H13BrN4OS/c1-17-6-14-10(13)9(17)5-19-12-15-8-4-2-3-7(8)11(18)16-12/h6H,2-5H2,1H3,(H,15,16,18). The third-order valence-corrected chi connectivity index (χ3v) is 4.82. The first-order valence-electron chi connectivity index (χ1n) is 6.05. The van der Waals surface area contributed by atoms with E-state index in [0.717, 1.165) is 46.6 Å². The van der Waals surface area contributed by atoms with Crippen molar-refractivity contribution in [1.29, 1.82) is 0 Å². The van der Waals surface area contributed by atoms with E-state index in [-0.39, 0.29) is 5.56 Å². The van der Waals surface area contributed by atoms with Crippen LogP contribution in [0.25, 0.3) is 0 Å². The van der Waals surface area contributed by atoms with Gasteiger partial charge in [0, 0.05) is 18.4 Å². The summed E-state index contributed by atoms with van der Waals surface area (Å²) in [5, 5.41) is 0.693. The van der Waals surface area contributed by atoms with E-state index in [9.17, 15) is 4.79 Å². The van der Waals surface area contributed by atoms with Crippen LogP contribution in [0.2, 0.25) is 0 Å². The number of aryl methyl sites for hydroxylation is 2. The monoisotopic (exact) mass is 340 g/mol. The minimum Gasteiger partial charge on any atom is -0.336 e. The summed E-state index contributed by atoms with van der Waals surface area (Å²) in [6, 6.07) is 0. The van der Waals surface area contributed by atoms with Crippen molar-refractivity contribution < 1.29 is 0 Å². The van der Waals surface area contributed by atoms with Gasteiger partial charge in [-0.25, -0.2) is 9.97 Å². The van der Waals surface area contributed by atoms with E-state index in [1.807, 2.05) is 11.6 Å². The number of aromatic nitrogens is 4. The first-order chi connectivity index (χ1) is 9.15. The number of hydrogen-bond acceptors (Lipinski definition) is 4. The molecule has 0 saturated heterocycles. The van der Waals surface area contributed by atoms with Gasteiger partial charge in [-0.1, -0.05) is 11.8 Å². The van der Waals surface area contributed by atoms with Crippen molar-refractivity contribution in [2.24, 2.45) is 7.05 Å². The lowest BCUT2D eigenvalue weighted by atomic mass is 10.3. The Morgan fingerprint density at radius 1 is 1.53 bits per heavy atom. The molecule has 0 aliphatic heterocycles. The van der Waals surface area contributed by atoms with Gasteiger partial charge in [0.25, 0.3) is 5.56 Å². The van der Waals surface area contributed by atoms with Crippen LogP contribution < -0.4 is 5.56 Å². The number of halogens is 1. The number of rotatable bonds is 3. The van der Waals surface area contributed by atoms with Gasteiger partial charge in [0.15, 0.2) is 5.16 Å². The number of nitrogens with zero attached hydrogens (tertiary/aromatic N) is 3. The fourth-order valence-electron chi connectivity index (χ4n) is 2.21. The molecule has 0 unspecified atom stereocenters. The predicted octanol–water partition coefficient (Wildman–Crippen LogP) is 2.05. The number of aromatic amines is 1. The zero-order chi connectivity index (χ0) is 13.4. The van der Waals surface area contributed by atoms with Crippen LogP contribution >= 0.6 is 27.7 Å². The highest BCUT2D eigenvalue weighted by atomic mass is 79.9. The molecule has 3 rings (SSSR count). The fourth-order valence-corrected chi connectivity index (χ4v) is 3.86. The number of hydrogen-bond donors (Lipinski definition) is 1. The molecule has 2 heterocycles. The van der Waals surface area contributed by atoms with Gasteiger partial charge in [-0.15, -0.1) is 0 Å². The van der Waals surface area contributed by atoms with Crippen LogP contribution in [-0.4, -0.2) is 19.5 Å². The Hall–Kier alpha value is -1.08. The summed E-state index contributed by atoms with van der Waals surface area (Å²) in [6.45, 7) is 0. The minimum absolute atomic E-state index is 0.0223. The largest absolute Gasteiger partial charge is 0.336 e. The van der Waals surface area contributed by atoms with Crippen LogP contribution in [0.3, 0.4) is 0 Å². The lowest BCUT2D eigenvalue weighted by Gasteiger charge is -2.05. The Balaban J connectivity index is 1.81. The van der Waals surface area contributed by atoms with E-state index in [0.29, 0.717) is 5.16 Å². The maximum Gasteiger partial charge on any atom is 0.254 e. The summed E-state index contributed by atoms with van der Waals surface area (Å²) in [6.07, 6.45) is 4.57. The molecule has 1 aliphatic rings. The molecule has 1 N–H and O–H groups in total. The second-order valence-electron chi connectivity index (χ2n) is 4.53. The molecule has 2 aromatic heterocycles. The molecule has 7 heteroatoms. The Morgan fingerprint density at radius 3 is 3.11 bits per heavy atom. The number of nitrogens with one attached hydrogen (secondary N) is 1. The van der Waals surface area contributed by atoms with E-state index >= 15 is 0 Å². The fraction of sp³-hybridized carbons (Fsp3) is 0.417. The summed E-state index contributed by atoms with van der Waals surface area (Å²) < 4.78 is 2.80. The third kappa shape index (κ3) is 2.49. The summed E-state index contributed by atoms with van der Waals surface area (Å²) >= 11 is 4.95. The molecule has 0 atom stereocenters. The van der Waals surface area contributed by atoms with Crippen molar-refractivity contribution in [3.63, 3.8) is 0 Å². The molecule has 0 fully saturated rings. The molecule has 0 aromatic carbocycles. The number of thioether (sulfide) groups is 1. The molecular formula is C12H13BrN4OS. The summed E-state index contributed by atoms with van der Waals surface area (Å²) in [7, 11) is 1.95. The minimum atomic E-state index is 0.0223. The van der Waals surface area contributed by atoms with E-state index in [2.05, 4.69) is 30.9 Å². The van der Waals surface area contributed by atoms with Crippen LogP contribution in [0.15, 0.2) is 20.9 Å². The van der Waals surface area contributed by atoms with Gasteiger partial charge in [0.2, 0.25) is 0 Å². The van der Waals surface area contributed by atoms with Gasteiger partial charge in [0.05, 0.1) is 17.7 Å². The number of H-pyrrole nitrogens is 1. The Bertz CT molecular complexity index is 659. The van der Waals surface area contributed by atoms with Crippen LogP contribution in [0.5, 0.6) is 0 Å². The van der Waals surface area contributed by atoms with Crippen LogP contribution in [0, 0.1) is 0 Å². The number of fused-ring (bicyclic) bond motifs is 1. The van der Waals surface area contributed by atoms with E-state index in [1.54, 1.807) is 6.33 Å². The van der Waals surface area contributed by atoms with Gasteiger partial charge in [-0.3, -0.25) is 4.79 Å². The molecule has 0 bridgehead atoms. The SMILES string of the molecule is Cn1cnc(Br)c1CSc1nc2c(c(=O)[nH]1)CCC2. The zero-order valence-corrected chi connectivity index (χ0v) is 12.8. The van der Waals surface area contributed by atoms with Crippen molar-refractivity contribution in [3.8, 4) is 0 Å². The average molecular weight is 341 g/mol. The first kappa shape index (κ1) is 12.9. The average Bonchev–Trinajstić information content (AvgIpc) is 2.96. The summed E-state index contributed by atoms with van der Waals surface area (Å²) in [5.41, 5.74) is 2.93. The highest BCUT2D eigenvalue weighted by molar-refractivity contribution is 9.10. The quantitative estimate of drug-likeness (QED) is 0.686. The molecule has 0 radical (unpaired) electrons. The molecule has 0 saturated carbocycles. The Morgan fingerprint density at radius 2 is 2.37 bits per heavy atom. The summed E-state index contributed by atoms with van der Waals surface area (Å²) in [5.74, 6) is 0.721. The van der Waals surface area contributed by atoms with Crippen molar-refractivity contribution in [1.82, 2.24) is 19.5 Å². The predicted molar refractivity (Wildman–Crippen MR) is 77.4 cm³/mol. The maximum atomic E-state index is 11.9. The number of imidazole rings is 1. The zero-order valence-electron chi connectivity index (χ0n) is 10.4. The second kappa shape index (κ2) is 5.13. The van der Waals surface area contributed by atoms with Crippen LogP contribution in [-0.2, 0) is 25.6 Å². The van der Waals surface area contributed by atoms with Gasteiger partial charge in [-0.05, 0) is 35.2 Å². The molecule has 0 amide bonds. The lowest BCUT2D eigenvalue weighted by Crippen LogP contribution is -2.15. The molecule has 2 aromatic rings. The van der Waals surface area contributed by atoms with Crippen molar-refractivity contribution in [3.05, 3.63) is 38.2 Å². The van der Waals surface area contributed by atoms with Crippen LogP contribution in [0.4, 0.5) is 0 Å². The Labute approximate surface area is 123 Å². The molecule has 1 aliphatic carbocycles. The van der Waals surface area contributed by atoms with Gasteiger partial charge in [-0.2, -0.15) is 0 Å². The molecule has 100 valence electrons. The first-order valence-corrected chi connectivity index (χ1v) is 7.83. The van der Waals surface area contributed by atoms with E-state index < -0.39 is 0 Å². The maximum absolute atomic E-state index is 11.9. The normalized spacial score (nSPS) is 13.8. The lowest BCUT2D eigenvalue weighted by molar-refractivity contribution is 0.854. The molecular weight excluding hydrogens is 328 g/mol. The highest BCUT2D eigenvalue weighted by Gasteiger charge is 2.17. The Kier molecular flexibility index (Phi) is 3.49. The van der Waals surface area contributed by atoms with Gasteiger partial charge in [0.1, 0.15) is 4.60 Å². The summed E-state index contributed by atoms with van der Waals surface area (Å²) in [4.78, 5) is 23.5. The highest BCUT2D eigenvalue weighted by Crippen LogP contribution is 2.25. The van der Waals surface area contributed by atoms with Crippen molar-refractivity contribution in [2.75, 3.05) is 0 Å². The van der Waals surface area contributed by atoms with Crippen molar-refractivity contribution >= 4 is 27.7 Å². The smallest absolute Gasteiger partial charge is 0.254 e. The molecule has 5 nitrogen and oxygen atoms in total. The van der Waals surface area contributed by atoms with E-state index in [4.69, 9.17) is 0 Å². The van der Waals surface area contributed by atoms with Gasteiger partial charge < -0.3 is 9.55 Å². The van der Waals surface area contributed by atoms with Gasteiger partial charge >= 0.3 is 0 Å². The van der Waals surface area contributed by atoms with E-state index in [1.165, 1.54) is 11.8 Å². The van der Waals surface area contributed by atoms with Crippen molar-refractivity contribution in [2.45, 2.75) is 30.2 Å². The van der Waals surface area contributed by atoms with Crippen LogP contribution in [0.1, 0.15) is 23.4 Å². The molecule has 0 spiro atoms. The molecule has 19 heavy (non-hydrogen) atoms.